The maximum absolute atomic E-state index is 13.0. The standard InChI is InChI=1S/C11H13BrFNO4S/c1-2-5-14(7-11(15)16)19(17,18)10-4-3-8(13)6-9(10)12/h3-4,6H,2,5,7H2,1H3,(H,15,16). The van der Waals surface area contributed by atoms with E-state index in [0.717, 1.165) is 22.5 Å². The van der Waals surface area contributed by atoms with Crippen LogP contribution in [0.5, 0.6) is 0 Å². The Morgan fingerprint density at radius 1 is 1.47 bits per heavy atom. The van der Waals surface area contributed by atoms with Gasteiger partial charge in [-0.2, -0.15) is 4.31 Å². The number of sulfonamides is 1. The summed E-state index contributed by atoms with van der Waals surface area (Å²) in [6.07, 6.45) is 0.478. The molecule has 0 spiro atoms. The lowest BCUT2D eigenvalue weighted by Gasteiger charge is -2.20. The quantitative estimate of drug-likeness (QED) is 0.849. The zero-order valence-corrected chi connectivity index (χ0v) is 12.5. The van der Waals surface area contributed by atoms with E-state index in [-0.39, 0.29) is 15.9 Å². The number of carbonyl (C=O) groups is 1. The van der Waals surface area contributed by atoms with Crippen LogP contribution in [-0.4, -0.2) is 36.9 Å². The van der Waals surface area contributed by atoms with Crippen LogP contribution in [0.25, 0.3) is 0 Å². The lowest BCUT2D eigenvalue weighted by Crippen LogP contribution is -2.36. The Morgan fingerprint density at radius 3 is 2.58 bits per heavy atom. The van der Waals surface area contributed by atoms with Gasteiger partial charge in [-0.3, -0.25) is 4.79 Å². The van der Waals surface area contributed by atoms with Crippen molar-refractivity contribution in [3.8, 4) is 0 Å². The highest BCUT2D eigenvalue weighted by Crippen LogP contribution is 2.25. The molecule has 0 amide bonds. The summed E-state index contributed by atoms with van der Waals surface area (Å²) in [4.78, 5) is 10.6. The van der Waals surface area contributed by atoms with E-state index in [2.05, 4.69) is 15.9 Å². The normalized spacial score (nSPS) is 11.8. The van der Waals surface area contributed by atoms with Crippen LogP contribution in [0.3, 0.4) is 0 Å². The van der Waals surface area contributed by atoms with Crippen molar-refractivity contribution in [3.05, 3.63) is 28.5 Å². The summed E-state index contributed by atoms with van der Waals surface area (Å²) >= 11 is 2.98. The molecule has 5 nitrogen and oxygen atoms in total. The lowest BCUT2D eigenvalue weighted by atomic mass is 10.3. The fourth-order valence-corrected chi connectivity index (χ4v) is 4.00. The Hall–Kier alpha value is -0.990. The molecule has 19 heavy (non-hydrogen) atoms. The van der Waals surface area contributed by atoms with Crippen molar-refractivity contribution < 1.29 is 22.7 Å². The van der Waals surface area contributed by atoms with Crippen molar-refractivity contribution in [2.45, 2.75) is 18.2 Å². The van der Waals surface area contributed by atoms with Gasteiger partial charge in [-0.1, -0.05) is 6.92 Å². The molecule has 1 aromatic carbocycles. The molecule has 0 aliphatic rings. The molecule has 8 heteroatoms. The third kappa shape index (κ3) is 3.99. The largest absolute Gasteiger partial charge is 0.480 e. The Morgan fingerprint density at radius 2 is 2.11 bits per heavy atom. The molecule has 0 saturated carbocycles. The Kier molecular flexibility index (Phi) is 5.45. The van der Waals surface area contributed by atoms with E-state index in [1.807, 2.05) is 0 Å². The molecule has 0 fully saturated rings. The van der Waals surface area contributed by atoms with Gasteiger partial charge in [-0.15, -0.1) is 0 Å². The van der Waals surface area contributed by atoms with Crippen molar-refractivity contribution in [2.75, 3.05) is 13.1 Å². The third-order valence-corrected chi connectivity index (χ3v) is 5.12. The van der Waals surface area contributed by atoms with Gasteiger partial charge >= 0.3 is 5.97 Å². The van der Waals surface area contributed by atoms with E-state index in [1.54, 1.807) is 6.92 Å². The van der Waals surface area contributed by atoms with E-state index in [1.165, 1.54) is 0 Å². The number of rotatable bonds is 6. The fraction of sp³-hybridized carbons (Fsp3) is 0.364. The van der Waals surface area contributed by atoms with Crippen LogP contribution in [0, 0.1) is 5.82 Å². The van der Waals surface area contributed by atoms with Crippen molar-refractivity contribution in [2.24, 2.45) is 0 Å². The second-order valence-corrected chi connectivity index (χ2v) is 6.57. The number of aliphatic carboxylic acids is 1. The van der Waals surface area contributed by atoms with E-state index >= 15 is 0 Å². The number of benzene rings is 1. The van der Waals surface area contributed by atoms with Crippen molar-refractivity contribution in [3.63, 3.8) is 0 Å². The summed E-state index contributed by atoms with van der Waals surface area (Å²) in [6, 6.07) is 3.15. The summed E-state index contributed by atoms with van der Waals surface area (Å²) in [5, 5.41) is 8.76. The van der Waals surface area contributed by atoms with Crippen LogP contribution in [0.1, 0.15) is 13.3 Å². The average molecular weight is 354 g/mol. The van der Waals surface area contributed by atoms with Crippen LogP contribution in [0.4, 0.5) is 4.39 Å². The van der Waals surface area contributed by atoms with E-state index in [0.29, 0.717) is 6.42 Å². The lowest BCUT2D eigenvalue weighted by molar-refractivity contribution is -0.137. The molecule has 0 aromatic heterocycles. The molecule has 106 valence electrons. The molecule has 0 aliphatic heterocycles. The zero-order chi connectivity index (χ0) is 14.6. The Bertz CT molecular complexity index is 576. The van der Waals surface area contributed by atoms with Gasteiger partial charge in [0.25, 0.3) is 0 Å². The highest BCUT2D eigenvalue weighted by atomic mass is 79.9. The molecule has 0 radical (unpaired) electrons. The number of hydrogen-bond donors (Lipinski definition) is 1. The summed E-state index contributed by atoms with van der Waals surface area (Å²) in [5.41, 5.74) is 0. The minimum absolute atomic E-state index is 0.0685. The number of carboxylic acid groups (broad SMARTS) is 1. The number of carboxylic acids is 1. The molecule has 0 saturated heterocycles. The first kappa shape index (κ1) is 16.1. The first-order valence-corrected chi connectivity index (χ1v) is 7.69. The summed E-state index contributed by atoms with van der Waals surface area (Å²) in [6.45, 7) is 1.20. The van der Waals surface area contributed by atoms with Crippen LogP contribution >= 0.6 is 15.9 Å². The van der Waals surface area contributed by atoms with Gasteiger partial charge in [0, 0.05) is 11.0 Å². The summed E-state index contributed by atoms with van der Waals surface area (Å²) < 4.78 is 38.5. The fourth-order valence-electron chi connectivity index (χ4n) is 1.51. The van der Waals surface area contributed by atoms with Gasteiger partial charge in [0.15, 0.2) is 0 Å². The number of halogens is 2. The predicted molar refractivity (Wildman–Crippen MR) is 70.8 cm³/mol. The summed E-state index contributed by atoms with van der Waals surface area (Å²) in [7, 11) is -3.97. The smallest absolute Gasteiger partial charge is 0.318 e. The van der Waals surface area contributed by atoms with E-state index in [9.17, 15) is 17.6 Å². The molecule has 0 atom stereocenters. The number of nitrogens with zero attached hydrogens (tertiary/aromatic N) is 1. The Labute approximate surface area is 119 Å². The van der Waals surface area contributed by atoms with Gasteiger partial charge in [-0.25, -0.2) is 12.8 Å². The highest BCUT2D eigenvalue weighted by molar-refractivity contribution is 9.10. The van der Waals surface area contributed by atoms with E-state index in [4.69, 9.17) is 5.11 Å². The second-order valence-electron chi connectivity index (χ2n) is 3.81. The highest BCUT2D eigenvalue weighted by Gasteiger charge is 2.27. The molecule has 0 unspecified atom stereocenters. The minimum atomic E-state index is -3.97. The molecule has 0 aliphatic carbocycles. The average Bonchev–Trinajstić information content (AvgIpc) is 2.27. The monoisotopic (exact) mass is 353 g/mol. The molecule has 1 rings (SSSR count). The maximum Gasteiger partial charge on any atom is 0.318 e. The molecule has 0 heterocycles. The van der Waals surface area contributed by atoms with Gasteiger partial charge in [-0.05, 0) is 40.5 Å². The summed E-state index contributed by atoms with van der Waals surface area (Å²) in [5.74, 6) is -1.82. The molecular weight excluding hydrogens is 341 g/mol. The number of hydrogen-bond acceptors (Lipinski definition) is 3. The van der Waals surface area contributed by atoms with Gasteiger partial charge in [0.2, 0.25) is 10.0 Å². The van der Waals surface area contributed by atoms with Crippen LogP contribution in [-0.2, 0) is 14.8 Å². The predicted octanol–water partition coefficient (Wildman–Crippen LogP) is 2.07. The molecule has 0 bridgehead atoms. The molecule has 1 N–H and O–H groups in total. The maximum atomic E-state index is 13.0. The van der Waals surface area contributed by atoms with Crippen molar-refractivity contribution >= 4 is 31.9 Å². The van der Waals surface area contributed by atoms with Crippen LogP contribution in [0.2, 0.25) is 0 Å². The SMILES string of the molecule is CCCN(CC(=O)O)S(=O)(=O)c1ccc(F)cc1Br. The van der Waals surface area contributed by atoms with Gasteiger partial charge < -0.3 is 5.11 Å². The first-order valence-electron chi connectivity index (χ1n) is 5.46. The van der Waals surface area contributed by atoms with Gasteiger partial charge in [0.1, 0.15) is 12.4 Å². The Balaban J connectivity index is 3.22. The minimum Gasteiger partial charge on any atom is -0.480 e. The topological polar surface area (TPSA) is 74.7 Å². The first-order chi connectivity index (χ1) is 8.78. The molecular formula is C11H13BrFNO4S. The van der Waals surface area contributed by atoms with Crippen LogP contribution < -0.4 is 0 Å². The van der Waals surface area contributed by atoms with Crippen molar-refractivity contribution in [1.29, 1.82) is 0 Å². The zero-order valence-electron chi connectivity index (χ0n) is 10.1. The van der Waals surface area contributed by atoms with Crippen LogP contribution in [0.15, 0.2) is 27.6 Å². The molecule has 1 aromatic rings. The second kappa shape index (κ2) is 6.44. The van der Waals surface area contributed by atoms with E-state index < -0.39 is 28.4 Å². The van der Waals surface area contributed by atoms with Gasteiger partial charge in [0.05, 0.1) is 4.90 Å². The third-order valence-electron chi connectivity index (χ3n) is 2.30. The van der Waals surface area contributed by atoms with Crippen molar-refractivity contribution in [1.82, 2.24) is 4.31 Å².